The number of benzene rings is 1. The minimum Gasteiger partial charge on any atom is -0.408 e. The van der Waals surface area contributed by atoms with Crippen LogP contribution in [0.25, 0.3) is 11.1 Å². The molecule has 3 rings (SSSR count). The number of carbonyl (C=O) groups excluding carboxylic acids is 1. The van der Waals surface area contributed by atoms with E-state index in [0.29, 0.717) is 16.0 Å². The fraction of sp³-hybridized carbons (Fsp3) is 0.333. The quantitative estimate of drug-likeness (QED) is 0.765. The van der Waals surface area contributed by atoms with E-state index in [1.807, 2.05) is 13.0 Å². The van der Waals surface area contributed by atoms with Crippen molar-refractivity contribution in [1.82, 2.24) is 9.99 Å². The van der Waals surface area contributed by atoms with Crippen LogP contribution in [0.15, 0.2) is 27.4 Å². The van der Waals surface area contributed by atoms with E-state index in [0.717, 1.165) is 5.56 Å². The van der Waals surface area contributed by atoms with E-state index in [9.17, 15) is 14.5 Å². The third-order valence-electron chi connectivity index (χ3n) is 3.22. The zero-order chi connectivity index (χ0) is 13.6. The summed E-state index contributed by atoms with van der Waals surface area (Å²) in [5.41, 5.74) is 4.13. The van der Waals surface area contributed by atoms with Gasteiger partial charge in [-0.25, -0.2) is 4.79 Å². The Labute approximate surface area is 107 Å². The van der Waals surface area contributed by atoms with Gasteiger partial charge < -0.3 is 4.42 Å². The Bertz CT molecular complexity index is 743. The van der Waals surface area contributed by atoms with E-state index in [4.69, 9.17) is 4.42 Å². The van der Waals surface area contributed by atoms with Gasteiger partial charge in [0.05, 0.1) is 10.4 Å². The molecule has 0 aliphatic carbocycles. The molecule has 1 unspecified atom stereocenters. The molecule has 0 bridgehead atoms. The number of amides is 1. The van der Waals surface area contributed by atoms with E-state index in [2.05, 4.69) is 5.43 Å². The summed E-state index contributed by atoms with van der Waals surface area (Å²) < 4.78 is 6.45. The maximum Gasteiger partial charge on any atom is 0.420 e. The number of hydrogen-bond acceptors (Lipinski definition) is 4. The molecule has 98 valence electrons. The third-order valence-corrected chi connectivity index (χ3v) is 3.22. The molecule has 19 heavy (non-hydrogen) atoms. The largest absolute Gasteiger partial charge is 0.420 e. The van der Waals surface area contributed by atoms with Crippen LogP contribution < -0.4 is 11.2 Å². The van der Waals surface area contributed by atoms with Gasteiger partial charge in [0.2, 0.25) is 6.54 Å². The number of carbonyl (C=O) groups is 1. The number of oxazole rings is 1. The average molecular weight is 262 g/mol. The Hall–Kier alpha value is -2.44. The molecule has 2 aromatic rings. The first-order chi connectivity index (χ1) is 9.06. The van der Waals surface area contributed by atoms with Gasteiger partial charge in [-0.2, -0.15) is 0 Å². The topological polar surface area (TPSA) is 84.3 Å². The summed E-state index contributed by atoms with van der Waals surface area (Å²) in [4.78, 5) is 35.2. The monoisotopic (exact) mass is 262 g/mol. The number of hydrogen-bond donors (Lipinski definition) is 1. The van der Waals surface area contributed by atoms with Gasteiger partial charge in [-0.3, -0.25) is 9.36 Å². The van der Waals surface area contributed by atoms with Crippen LogP contribution in [0.5, 0.6) is 0 Å². The van der Waals surface area contributed by atoms with Crippen LogP contribution in [0.3, 0.4) is 0 Å². The fourth-order valence-electron chi connectivity index (χ4n) is 2.31. The Morgan fingerprint density at radius 1 is 1.42 bits per heavy atom. The van der Waals surface area contributed by atoms with Gasteiger partial charge in [0.1, 0.15) is 10.9 Å². The molecule has 1 aliphatic rings. The summed E-state index contributed by atoms with van der Waals surface area (Å²) in [6.45, 7) is 2.03. The Morgan fingerprint density at radius 3 is 2.95 bits per heavy atom. The molecule has 2 heterocycles. The number of nitrogens with zero attached hydrogens (tertiary/aromatic N) is 2. The standard InChI is InChI=1S/C12H11N3O4/c1-7-2-3-8-10(6-7)19-12(17)15(8)9-4-5-14(18)13-11(9)16/h2-3,6,9H,4-5H2,1H3/p+1. The first kappa shape index (κ1) is 11.6. The molecular formula is C12H12N3O4+. The van der Waals surface area contributed by atoms with E-state index >= 15 is 0 Å². The van der Waals surface area contributed by atoms with E-state index in [1.165, 1.54) is 4.57 Å². The van der Waals surface area contributed by atoms with Crippen LogP contribution in [0.4, 0.5) is 0 Å². The van der Waals surface area contributed by atoms with Crippen molar-refractivity contribution in [3.05, 3.63) is 39.2 Å². The highest BCUT2D eigenvalue weighted by Crippen LogP contribution is 2.21. The van der Waals surface area contributed by atoms with Crippen LogP contribution in [-0.4, -0.2) is 21.9 Å². The summed E-state index contributed by atoms with van der Waals surface area (Å²) in [5, 5.41) is 0. The second kappa shape index (κ2) is 4.04. The van der Waals surface area contributed by atoms with Gasteiger partial charge in [0, 0.05) is 6.42 Å². The van der Waals surface area contributed by atoms with Gasteiger partial charge in [-0.05, 0) is 24.6 Å². The second-order valence-corrected chi connectivity index (χ2v) is 4.59. The number of aryl methyl sites for hydroxylation is 1. The number of hydrazine groups is 1. The van der Waals surface area contributed by atoms with Crippen molar-refractivity contribution in [1.29, 1.82) is 0 Å². The van der Waals surface area contributed by atoms with Gasteiger partial charge >= 0.3 is 11.7 Å². The lowest BCUT2D eigenvalue weighted by Gasteiger charge is -2.16. The van der Waals surface area contributed by atoms with Gasteiger partial charge in [-0.15, -0.1) is 0 Å². The first-order valence-electron chi connectivity index (χ1n) is 5.93. The molecule has 1 amide bonds. The number of nitrogens with one attached hydrogen (secondary N) is 1. The van der Waals surface area contributed by atoms with Crippen molar-refractivity contribution in [3.63, 3.8) is 0 Å². The minimum absolute atomic E-state index is 0.140. The van der Waals surface area contributed by atoms with Gasteiger partial charge in [-0.1, -0.05) is 11.5 Å². The zero-order valence-corrected chi connectivity index (χ0v) is 10.3. The SMILES string of the molecule is Cc1ccc2c(c1)oc(=O)n2C1CC[N+](=O)NC1=O. The van der Waals surface area contributed by atoms with Crippen molar-refractivity contribution >= 4 is 17.0 Å². The summed E-state index contributed by atoms with van der Waals surface area (Å²) >= 11 is 0. The maximum atomic E-state index is 11.9. The van der Waals surface area contributed by atoms with Gasteiger partial charge in [0.15, 0.2) is 5.58 Å². The summed E-state index contributed by atoms with van der Waals surface area (Å²) in [5.74, 6) is -1.08. The molecule has 0 saturated carbocycles. The van der Waals surface area contributed by atoms with Gasteiger partial charge in [0.25, 0.3) is 0 Å². The number of fused-ring (bicyclic) bond motifs is 1. The molecule has 1 aromatic heterocycles. The molecule has 0 radical (unpaired) electrons. The number of rotatable bonds is 1. The summed E-state index contributed by atoms with van der Waals surface area (Å²) in [7, 11) is 0. The normalized spacial score (nSPS) is 19.7. The van der Waals surface area contributed by atoms with Crippen LogP contribution in [0, 0.1) is 11.8 Å². The molecule has 1 saturated heterocycles. The van der Waals surface area contributed by atoms with Crippen LogP contribution in [0.1, 0.15) is 18.0 Å². The highest BCUT2D eigenvalue weighted by molar-refractivity contribution is 5.82. The van der Waals surface area contributed by atoms with E-state index < -0.39 is 17.7 Å². The predicted molar refractivity (Wildman–Crippen MR) is 65.5 cm³/mol. The zero-order valence-electron chi connectivity index (χ0n) is 10.3. The lowest BCUT2D eigenvalue weighted by Crippen LogP contribution is -2.46. The van der Waals surface area contributed by atoms with Crippen molar-refractivity contribution in [2.24, 2.45) is 0 Å². The fourth-order valence-corrected chi connectivity index (χ4v) is 2.31. The molecule has 7 nitrogen and oxygen atoms in total. The number of aromatic nitrogens is 1. The highest BCUT2D eigenvalue weighted by Gasteiger charge is 2.35. The minimum atomic E-state index is -0.707. The molecule has 1 aliphatic heterocycles. The summed E-state index contributed by atoms with van der Waals surface area (Å²) in [6, 6.07) is 4.62. The molecule has 1 fully saturated rings. The Balaban J connectivity index is 2.15. The lowest BCUT2D eigenvalue weighted by molar-refractivity contribution is -0.601. The van der Waals surface area contributed by atoms with Crippen molar-refractivity contribution in [2.75, 3.05) is 6.54 Å². The number of nitroso groups, excluding NO2 is 1. The van der Waals surface area contributed by atoms with E-state index in [1.54, 1.807) is 12.1 Å². The maximum absolute atomic E-state index is 11.9. The van der Waals surface area contributed by atoms with E-state index in [-0.39, 0.29) is 13.0 Å². The van der Waals surface area contributed by atoms with Crippen LogP contribution in [-0.2, 0) is 4.79 Å². The Morgan fingerprint density at radius 2 is 2.21 bits per heavy atom. The lowest BCUT2D eigenvalue weighted by atomic mass is 10.1. The van der Waals surface area contributed by atoms with Crippen molar-refractivity contribution in [2.45, 2.75) is 19.4 Å². The third kappa shape index (κ3) is 1.83. The van der Waals surface area contributed by atoms with Crippen molar-refractivity contribution in [3.8, 4) is 0 Å². The predicted octanol–water partition coefficient (Wildman–Crippen LogP) is 0.658. The molecule has 7 heteroatoms. The van der Waals surface area contributed by atoms with Crippen LogP contribution in [0.2, 0.25) is 0 Å². The Kier molecular flexibility index (Phi) is 2.48. The molecule has 1 aromatic carbocycles. The molecular weight excluding hydrogens is 250 g/mol. The van der Waals surface area contributed by atoms with Crippen molar-refractivity contribution < 1.29 is 14.1 Å². The molecule has 1 atom stereocenters. The average Bonchev–Trinajstić information content (AvgIpc) is 2.65. The molecule has 0 spiro atoms. The summed E-state index contributed by atoms with van der Waals surface area (Å²) in [6.07, 6.45) is 0.276. The van der Waals surface area contributed by atoms with Crippen LogP contribution >= 0.6 is 0 Å². The first-order valence-corrected chi connectivity index (χ1v) is 5.93. The molecule has 1 N–H and O–H groups in total. The smallest absolute Gasteiger partial charge is 0.408 e. The second-order valence-electron chi connectivity index (χ2n) is 4.59. The highest BCUT2D eigenvalue weighted by atomic mass is 16.4.